The second-order valence-electron chi connectivity index (χ2n) is 20.2. The van der Waals surface area contributed by atoms with Crippen LogP contribution in [0.25, 0.3) is 73.2 Å². The van der Waals surface area contributed by atoms with Crippen LogP contribution in [0.4, 0.5) is 0 Å². The van der Waals surface area contributed by atoms with Crippen LogP contribution < -0.4 is 0 Å². The van der Waals surface area contributed by atoms with E-state index in [1.54, 1.807) is 0 Å². The molecule has 0 saturated heterocycles. The van der Waals surface area contributed by atoms with Crippen molar-refractivity contribution in [1.82, 2.24) is 9.13 Å². The van der Waals surface area contributed by atoms with Crippen molar-refractivity contribution < 1.29 is 0 Å². The molecule has 0 radical (unpaired) electrons. The third kappa shape index (κ3) is 13.1. The zero-order valence-electron chi connectivity index (χ0n) is 43.0. The summed E-state index contributed by atoms with van der Waals surface area (Å²) >= 11 is 22.9. The van der Waals surface area contributed by atoms with Gasteiger partial charge >= 0.3 is 0 Å². The molecule has 6 aromatic heterocycles. The SMILES string of the molecule is CCCCCCCCc1cc(-c2cc3c(cc2Cl)c2c(c4cc(Cl)c(-c5cc(CCCCCCCC)c(-c6cccs6)s5)cc4n2CCCCCCCC)n3CCCCCCCC)sc1-c1cccs1. The zero-order valence-corrected chi connectivity index (χ0v) is 47.8. The first-order valence-electron chi connectivity index (χ1n) is 27.8. The number of benzene rings is 2. The molecule has 8 rings (SSSR count). The first-order chi connectivity index (χ1) is 34.4. The highest BCUT2D eigenvalue weighted by atomic mass is 35.5. The lowest BCUT2D eigenvalue weighted by Crippen LogP contribution is -1.99. The van der Waals surface area contributed by atoms with E-state index in [4.69, 9.17) is 23.2 Å². The molecular formula is C62H80Cl2N2S4. The van der Waals surface area contributed by atoms with Crippen LogP contribution in [0.1, 0.15) is 193 Å². The van der Waals surface area contributed by atoms with Gasteiger partial charge in [0.15, 0.2) is 0 Å². The van der Waals surface area contributed by atoms with Gasteiger partial charge < -0.3 is 9.13 Å². The topological polar surface area (TPSA) is 9.86 Å². The summed E-state index contributed by atoms with van der Waals surface area (Å²) in [5.41, 5.74) is 10.6. The van der Waals surface area contributed by atoms with Crippen LogP contribution in [-0.2, 0) is 25.9 Å². The van der Waals surface area contributed by atoms with Crippen molar-refractivity contribution >= 4 is 101 Å². The van der Waals surface area contributed by atoms with E-state index in [0.29, 0.717) is 0 Å². The highest BCUT2D eigenvalue weighted by Crippen LogP contribution is 2.49. The maximum atomic E-state index is 7.64. The van der Waals surface area contributed by atoms with Crippen LogP contribution in [0.5, 0.6) is 0 Å². The predicted octanol–water partition coefficient (Wildman–Crippen LogP) is 23.5. The minimum atomic E-state index is 0.851. The van der Waals surface area contributed by atoms with Gasteiger partial charge in [0.2, 0.25) is 0 Å². The quantitative estimate of drug-likeness (QED) is 0.0372. The van der Waals surface area contributed by atoms with E-state index in [9.17, 15) is 0 Å². The first-order valence-corrected chi connectivity index (χ1v) is 31.9. The van der Waals surface area contributed by atoms with Gasteiger partial charge in [-0.1, -0.05) is 191 Å². The van der Waals surface area contributed by atoms with E-state index < -0.39 is 0 Å². The van der Waals surface area contributed by atoms with Gasteiger partial charge in [0.1, 0.15) is 0 Å². The fourth-order valence-electron chi connectivity index (χ4n) is 10.9. The standard InChI is InChI=1S/C62H80Cl2N2S4/c1-5-9-13-17-21-25-31-45-39-57(69-61(45)55-33-29-37-67-55)47-43-53-49(41-51(47)63)59-60(65(53)35-27-23-19-15-11-7-3)50-42-52(64)48(44-54(50)66(59)36-28-24-20-16-12-8-4)58-40-46(32-26-22-18-14-10-6-2)62(70-58)56-34-30-38-68-56/h29-30,33-34,37-44H,5-28,31-32,35-36H2,1-4H3. The molecule has 0 atom stereocenters. The van der Waals surface area contributed by atoms with E-state index in [2.05, 4.69) is 108 Å². The Morgan fingerprint density at radius 1 is 0.400 bits per heavy atom. The number of hydrogen-bond donors (Lipinski definition) is 0. The Labute approximate surface area is 447 Å². The fraction of sp³-hybridized carbons (Fsp3) is 0.516. The average molecular weight is 1050 g/mol. The zero-order chi connectivity index (χ0) is 48.7. The second kappa shape index (κ2) is 27.4. The third-order valence-electron chi connectivity index (χ3n) is 14.7. The van der Waals surface area contributed by atoms with Gasteiger partial charge in [0.25, 0.3) is 0 Å². The molecule has 0 amide bonds. The first kappa shape index (κ1) is 53.5. The number of aryl methyl sites for hydroxylation is 4. The summed E-state index contributed by atoms with van der Waals surface area (Å²) in [5, 5.41) is 8.69. The number of unbranched alkanes of at least 4 members (excludes halogenated alkanes) is 20. The Balaban J connectivity index is 1.24. The summed E-state index contributed by atoms with van der Waals surface area (Å²) in [6, 6.07) is 23.6. The lowest BCUT2D eigenvalue weighted by atomic mass is 10.0. The van der Waals surface area contributed by atoms with Crippen LogP contribution in [0.15, 0.2) is 71.4 Å². The monoisotopic (exact) mass is 1050 g/mol. The highest BCUT2D eigenvalue weighted by molar-refractivity contribution is 7.24. The Hall–Kier alpha value is -2.84. The number of thiophene rings is 4. The van der Waals surface area contributed by atoms with Crippen molar-refractivity contribution in [3.63, 3.8) is 0 Å². The molecule has 0 fully saturated rings. The summed E-state index contributed by atoms with van der Waals surface area (Å²) in [6.07, 6.45) is 33.1. The fourth-order valence-corrected chi connectivity index (χ4v) is 15.8. The van der Waals surface area contributed by atoms with Crippen molar-refractivity contribution in [2.45, 2.75) is 208 Å². The van der Waals surface area contributed by atoms with E-state index in [1.165, 1.54) is 226 Å². The van der Waals surface area contributed by atoms with E-state index in [0.717, 1.165) is 48.8 Å². The molecule has 8 heteroatoms. The Bertz CT molecular complexity index is 2620. The number of hydrogen-bond acceptors (Lipinski definition) is 4. The van der Waals surface area contributed by atoms with Crippen molar-refractivity contribution in [2.75, 3.05) is 0 Å². The van der Waals surface area contributed by atoms with Gasteiger partial charge in [-0.25, -0.2) is 0 Å². The molecule has 8 aromatic rings. The molecule has 0 saturated carbocycles. The summed E-state index contributed by atoms with van der Waals surface area (Å²) in [5.74, 6) is 0. The molecule has 0 N–H and O–H groups in total. The maximum absolute atomic E-state index is 7.64. The van der Waals surface area contributed by atoms with Crippen LogP contribution in [-0.4, -0.2) is 9.13 Å². The van der Waals surface area contributed by atoms with Gasteiger partial charge in [-0.2, -0.15) is 0 Å². The van der Waals surface area contributed by atoms with E-state index in [-0.39, 0.29) is 0 Å². The number of fused-ring (bicyclic) bond motifs is 5. The molecule has 0 bridgehead atoms. The van der Waals surface area contributed by atoms with E-state index >= 15 is 0 Å². The molecule has 70 heavy (non-hydrogen) atoms. The Morgan fingerprint density at radius 3 is 1.11 bits per heavy atom. The third-order valence-corrected chi connectivity index (χ3v) is 19.9. The van der Waals surface area contributed by atoms with Crippen molar-refractivity contribution in [1.29, 1.82) is 0 Å². The molecule has 2 nitrogen and oxygen atoms in total. The smallest absolute Gasteiger partial charge is 0.0754 e. The minimum absolute atomic E-state index is 0.851. The second-order valence-corrected chi connectivity index (χ2v) is 25.0. The van der Waals surface area contributed by atoms with E-state index in [1.807, 2.05) is 45.3 Å². The van der Waals surface area contributed by atoms with Crippen LogP contribution >= 0.6 is 68.5 Å². The molecule has 0 unspecified atom stereocenters. The maximum Gasteiger partial charge on any atom is 0.0754 e. The average Bonchev–Trinajstić information content (AvgIpc) is 4.24. The lowest BCUT2D eigenvalue weighted by molar-refractivity contribution is 0.569. The van der Waals surface area contributed by atoms with Gasteiger partial charge in [-0.3, -0.25) is 0 Å². The Morgan fingerprint density at radius 2 is 0.757 bits per heavy atom. The molecule has 0 aliphatic heterocycles. The van der Waals surface area contributed by atoms with Gasteiger partial charge in [-0.15, -0.1) is 45.3 Å². The largest absolute Gasteiger partial charge is 0.339 e. The molecular weight excluding hydrogens is 972 g/mol. The summed E-state index contributed by atoms with van der Waals surface area (Å²) in [4.78, 5) is 8.16. The number of rotatable bonds is 32. The summed E-state index contributed by atoms with van der Waals surface area (Å²) < 4.78 is 5.37. The highest BCUT2D eigenvalue weighted by Gasteiger charge is 2.25. The lowest BCUT2D eigenvalue weighted by Gasteiger charge is -2.12. The van der Waals surface area contributed by atoms with Crippen LogP contribution in [0, 0.1) is 0 Å². The van der Waals surface area contributed by atoms with Crippen molar-refractivity contribution in [3.8, 4) is 40.4 Å². The Kier molecular flexibility index (Phi) is 21.0. The van der Waals surface area contributed by atoms with Crippen molar-refractivity contribution in [3.05, 3.63) is 92.6 Å². The van der Waals surface area contributed by atoms with Gasteiger partial charge in [-0.05, 0) is 109 Å². The molecule has 0 spiro atoms. The molecule has 376 valence electrons. The summed E-state index contributed by atoms with van der Waals surface area (Å²) in [6.45, 7) is 11.2. The minimum Gasteiger partial charge on any atom is -0.339 e. The van der Waals surface area contributed by atoms with Gasteiger partial charge in [0, 0.05) is 64.3 Å². The number of nitrogens with zero attached hydrogens (tertiary/aromatic N) is 2. The number of aromatic nitrogens is 2. The normalized spacial score (nSPS) is 12.0. The summed E-state index contributed by atoms with van der Waals surface area (Å²) in [7, 11) is 0. The molecule has 0 aliphatic carbocycles. The predicted molar refractivity (Wildman–Crippen MR) is 319 cm³/mol. The van der Waals surface area contributed by atoms with Gasteiger partial charge in [0.05, 0.1) is 32.1 Å². The van der Waals surface area contributed by atoms with Crippen LogP contribution in [0.3, 0.4) is 0 Å². The van der Waals surface area contributed by atoms with Crippen LogP contribution in [0.2, 0.25) is 10.0 Å². The molecule has 0 aliphatic rings. The number of halogens is 2. The van der Waals surface area contributed by atoms with Crippen molar-refractivity contribution in [2.24, 2.45) is 0 Å². The molecule has 6 heterocycles. The molecule has 2 aromatic carbocycles.